The van der Waals surface area contributed by atoms with Gasteiger partial charge in [-0.3, -0.25) is 0 Å². The molecule has 118 valence electrons. The van der Waals surface area contributed by atoms with Gasteiger partial charge in [-0.2, -0.15) is 13.7 Å². The van der Waals surface area contributed by atoms with Crippen molar-refractivity contribution < 1.29 is 17.3 Å². The van der Waals surface area contributed by atoms with E-state index in [4.69, 9.17) is 25.8 Å². The lowest BCUT2D eigenvalue weighted by Crippen LogP contribution is -2.06. The fourth-order valence-corrected chi connectivity index (χ4v) is 2.59. The van der Waals surface area contributed by atoms with E-state index in [1.54, 1.807) is 24.3 Å². The summed E-state index contributed by atoms with van der Waals surface area (Å²) in [6, 6.07) is 12.8. The molecule has 0 radical (unpaired) electrons. The van der Waals surface area contributed by atoms with E-state index in [0.717, 1.165) is 5.41 Å². The smallest absolute Gasteiger partial charge is 0.332 e. The van der Waals surface area contributed by atoms with Crippen LogP contribution in [0.5, 0.6) is 11.5 Å². The van der Waals surface area contributed by atoms with Crippen molar-refractivity contribution in [1.29, 1.82) is 5.26 Å². The van der Waals surface area contributed by atoms with E-state index in [-0.39, 0.29) is 11.5 Å². The topological polar surface area (TPSA) is 76.4 Å². The monoisotopic (exact) mass is 349 g/mol. The summed E-state index contributed by atoms with van der Waals surface area (Å²) in [6.45, 7) is 0. The van der Waals surface area contributed by atoms with Gasteiger partial charge in [-0.05, 0) is 35.9 Å². The second-order valence-electron chi connectivity index (χ2n) is 4.41. The Hall–Kier alpha value is -2.49. The van der Waals surface area contributed by atoms with Crippen molar-refractivity contribution in [3.05, 3.63) is 64.0 Å². The van der Waals surface area contributed by atoms with Gasteiger partial charge in [-0.1, -0.05) is 23.7 Å². The molecule has 2 aromatic carbocycles. The van der Waals surface area contributed by atoms with Crippen molar-refractivity contribution in [2.24, 2.45) is 0 Å². The van der Waals surface area contributed by atoms with E-state index in [1.165, 1.54) is 31.4 Å². The lowest BCUT2D eigenvalue weighted by Gasteiger charge is -2.08. The first-order valence-corrected chi connectivity index (χ1v) is 8.25. The lowest BCUT2D eigenvalue weighted by molar-refractivity contribution is 0.392. The van der Waals surface area contributed by atoms with Gasteiger partial charge >= 0.3 is 10.1 Å². The zero-order valence-corrected chi connectivity index (χ0v) is 13.6. The molecule has 0 N–H and O–H groups in total. The first-order chi connectivity index (χ1) is 10.9. The van der Waals surface area contributed by atoms with Gasteiger partial charge in [0.15, 0.2) is 11.5 Å². The van der Waals surface area contributed by atoms with Gasteiger partial charge < -0.3 is 8.92 Å². The molecule has 2 aromatic rings. The Balaban J connectivity index is 2.21. The molecule has 0 aromatic heterocycles. The van der Waals surface area contributed by atoms with Crippen LogP contribution in [0.2, 0.25) is 5.02 Å². The molecule has 0 fully saturated rings. The fraction of sp³-hybridized carbons (Fsp3) is 0.0625. The van der Waals surface area contributed by atoms with Gasteiger partial charge in [0, 0.05) is 11.1 Å². The van der Waals surface area contributed by atoms with Crippen LogP contribution < -0.4 is 8.92 Å². The molecule has 0 unspecified atom stereocenters. The van der Waals surface area contributed by atoms with Crippen LogP contribution in [0.15, 0.2) is 47.9 Å². The van der Waals surface area contributed by atoms with Crippen LogP contribution in [0.1, 0.15) is 11.1 Å². The van der Waals surface area contributed by atoms with Crippen LogP contribution >= 0.6 is 11.6 Å². The van der Waals surface area contributed by atoms with E-state index < -0.39 is 10.1 Å². The number of nitriles is 1. The minimum Gasteiger partial charge on any atom is -0.493 e. The molecule has 7 heteroatoms. The largest absolute Gasteiger partial charge is 0.493 e. The van der Waals surface area contributed by atoms with Gasteiger partial charge in [0.05, 0.1) is 24.2 Å². The number of hydrogen-bond acceptors (Lipinski definition) is 5. The highest BCUT2D eigenvalue weighted by atomic mass is 35.5. The predicted octanol–water partition coefficient (Wildman–Crippen LogP) is 3.60. The zero-order chi connectivity index (χ0) is 16.9. The highest BCUT2D eigenvalue weighted by molar-refractivity contribution is 7.90. The summed E-state index contributed by atoms with van der Waals surface area (Å²) in [6.07, 6.45) is 1.39. The number of rotatable bonds is 5. The summed E-state index contributed by atoms with van der Waals surface area (Å²) in [5.41, 5.74) is 0.997. The second kappa shape index (κ2) is 7.18. The SMILES string of the molecule is COc1cc(C#N)ccc1OS(=O)(=O)/C=C/c1ccc(Cl)cc1. The minimum absolute atomic E-state index is 0.00672. The number of methoxy groups -OCH3 is 1. The third-order valence-electron chi connectivity index (χ3n) is 2.80. The van der Waals surface area contributed by atoms with Crippen molar-refractivity contribution in [3.63, 3.8) is 0 Å². The second-order valence-corrected chi connectivity index (χ2v) is 6.27. The molecule has 0 heterocycles. The van der Waals surface area contributed by atoms with Crippen LogP contribution in [0.3, 0.4) is 0 Å². The number of nitrogens with zero attached hydrogens (tertiary/aromatic N) is 1. The van der Waals surface area contributed by atoms with Crippen molar-refractivity contribution in [2.75, 3.05) is 7.11 Å². The Labute approximate surface area is 139 Å². The van der Waals surface area contributed by atoms with E-state index in [9.17, 15) is 8.42 Å². The molecule has 0 aliphatic heterocycles. The standard InChI is InChI=1S/C16H12ClNO4S/c1-21-16-10-13(11-18)4-7-15(16)22-23(19,20)9-8-12-2-5-14(17)6-3-12/h2-10H,1H3/b9-8+. The molecular formula is C16H12ClNO4S. The first-order valence-electron chi connectivity index (χ1n) is 6.40. The maximum absolute atomic E-state index is 12.0. The predicted molar refractivity (Wildman–Crippen MR) is 87.7 cm³/mol. The Bertz CT molecular complexity index is 868. The van der Waals surface area contributed by atoms with Gasteiger partial charge in [0.2, 0.25) is 0 Å². The molecule has 0 amide bonds. The van der Waals surface area contributed by atoms with E-state index >= 15 is 0 Å². The molecule has 0 aliphatic rings. The van der Waals surface area contributed by atoms with Gasteiger partial charge in [0.25, 0.3) is 0 Å². The molecular weight excluding hydrogens is 338 g/mol. The number of halogens is 1. The number of ether oxygens (including phenoxy) is 1. The molecule has 2 rings (SSSR count). The van der Waals surface area contributed by atoms with Gasteiger partial charge in [0.1, 0.15) is 0 Å². The average molecular weight is 350 g/mol. The molecule has 0 saturated heterocycles. The van der Waals surface area contributed by atoms with Crippen molar-refractivity contribution in [2.45, 2.75) is 0 Å². The van der Waals surface area contributed by atoms with Crippen LogP contribution in [0.25, 0.3) is 6.08 Å². The highest BCUT2D eigenvalue weighted by Crippen LogP contribution is 2.29. The molecule has 0 spiro atoms. The molecule has 23 heavy (non-hydrogen) atoms. The van der Waals surface area contributed by atoms with Crippen molar-refractivity contribution in [3.8, 4) is 17.6 Å². The van der Waals surface area contributed by atoms with E-state index in [2.05, 4.69) is 0 Å². The van der Waals surface area contributed by atoms with Crippen molar-refractivity contribution in [1.82, 2.24) is 0 Å². The van der Waals surface area contributed by atoms with E-state index in [0.29, 0.717) is 16.1 Å². The Morgan fingerprint density at radius 1 is 1.13 bits per heavy atom. The quantitative estimate of drug-likeness (QED) is 0.771. The summed E-state index contributed by atoms with van der Waals surface area (Å²) in [7, 11) is -2.61. The van der Waals surface area contributed by atoms with Crippen LogP contribution in [-0.2, 0) is 10.1 Å². The first kappa shape index (κ1) is 16.9. The minimum atomic E-state index is -3.97. The normalized spacial score (nSPS) is 11.2. The van der Waals surface area contributed by atoms with Gasteiger partial charge in [-0.15, -0.1) is 0 Å². The summed E-state index contributed by atoms with van der Waals surface area (Å²) in [5.74, 6) is 0.166. The summed E-state index contributed by atoms with van der Waals surface area (Å²) < 4.78 is 34.0. The summed E-state index contributed by atoms with van der Waals surface area (Å²) >= 11 is 5.76. The summed E-state index contributed by atoms with van der Waals surface area (Å²) in [4.78, 5) is 0. The van der Waals surface area contributed by atoms with Crippen LogP contribution in [-0.4, -0.2) is 15.5 Å². The van der Waals surface area contributed by atoms with Gasteiger partial charge in [-0.25, -0.2) is 0 Å². The number of hydrogen-bond donors (Lipinski definition) is 0. The molecule has 5 nitrogen and oxygen atoms in total. The average Bonchev–Trinajstić information content (AvgIpc) is 2.54. The fourth-order valence-electron chi connectivity index (χ4n) is 1.69. The molecule has 0 bridgehead atoms. The maximum Gasteiger partial charge on any atom is 0.332 e. The Morgan fingerprint density at radius 3 is 2.43 bits per heavy atom. The van der Waals surface area contributed by atoms with Crippen molar-refractivity contribution >= 4 is 27.8 Å². The third-order valence-corrected chi connectivity index (χ3v) is 3.93. The maximum atomic E-state index is 12.0. The van der Waals surface area contributed by atoms with Crippen LogP contribution in [0.4, 0.5) is 0 Å². The summed E-state index contributed by atoms with van der Waals surface area (Å²) in [5, 5.41) is 10.3. The van der Waals surface area contributed by atoms with Crippen LogP contribution in [0, 0.1) is 11.3 Å². The highest BCUT2D eigenvalue weighted by Gasteiger charge is 2.13. The molecule has 0 aliphatic carbocycles. The third kappa shape index (κ3) is 4.74. The molecule has 0 saturated carbocycles. The zero-order valence-electron chi connectivity index (χ0n) is 12.1. The molecule has 0 atom stereocenters. The van der Waals surface area contributed by atoms with E-state index in [1.807, 2.05) is 6.07 Å². The Kier molecular flexibility index (Phi) is 5.27. The lowest BCUT2D eigenvalue weighted by atomic mass is 10.2. The number of benzene rings is 2. The Morgan fingerprint density at radius 2 is 1.83 bits per heavy atom.